The number of hydrogen-bond acceptors (Lipinski definition) is 3. The van der Waals surface area contributed by atoms with Crippen LogP contribution in [0.5, 0.6) is 5.75 Å². The van der Waals surface area contributed by atoms with Gasteiger partial charge in [0.25, 0.3) is 0 Å². The van der Waals surface area contributed by atoms with Gasteiger partial charge in [0.05, 0.1) is 11.8 Å². The number of hydrogen-bond donors (Lipinski definition) is 0. The average molecular weight is 318 g/mol. The molecule has 2 aromatic heterocycles. The minimum absolute atomic E-state index is 0.258. The van der Waals surface area contributed by atoms with E-state index in [-0.39, 0.29) is 5.82 Å². The first-order valence-electron chi connectivity index (χ1n) is 6.33. The van der Waals surface area contributed by atoms with Crippen molar-refractivity contribution in [3.8, 4) is 5.75 Å². The molecule has 0 amide bonds. The molecule has 2 nitrogen and oxygen atoms in total. The van der Waals surface area contributed by atoms with Crippen molar-refractivity contribution in [3.05, 3.63) is 47.4 Å². The lowest BCUT2D eigenvalue weighted by Crippen LogP contribution is -1.88. The summed E-state index contributed by atoms with van der Waals surface area (Å²) >= 11 is 7.85. The zero-order valence-corrected chi connectivity index (χ0v) is 12.6. The van der Waals surface area contributed by atoms with Crippen LogP contribution in [0.1, 0.15) is 0 Å². The van der Waals surface area contributed by atoms with Gasteiger partial charge in [0, 0.05) is 20.9 Å². The summed E-state index contributed by atoms with van der Waals surface area (Å²) in [6.07, 6.45) is 0. The van der Waals surface area contributed by atoms with Gasteiger partial charge in [0.1, 0.15) is 22.2 Å². The van der Waals surface area contributed by atoms with Gasteiger partial charge in [-0.15, -0.1) is 11.3 Å². The molecule has 5 heteroatoms. The van der Waals surface area contributed by atoms with Gasteiger partial charge in [-0.1, -0.05) is 23.7 Å². The Labute approximate surface area is 128 Å². The predicted molar refractivity (Wildman–Crippen MR) is 86.2 cm³/mol. The van der Waals surface area contributed by atoms with E-state index in [4.69, 9.17) is 16.3 Å². The van der Waals surface area contributed by atoms with Crippen molar-refractivity contribution < 1.29 is 9.13 Å². The maximum Gasteiger partial charge on any atom is 0.147 e. The molecule has 0 aliphatic carbocycles. The number of para-hydroxylation sites is 1. The van der Waals surface area contributed by atoms with E-state index in [2.05, 4.69) is 4.98 Å². The van der Waals surface area contributed by atoms with E-state index in [1.54, 1.807) is 19.2 Å². The van der Waals surface area contributed by atoms with Crippen LogP contribution in [0.2, 0.25) is 5.15 Å². The van der Waals surface area contributed by atoms with E-state index >= 15 is 0 Å². The first kappa shape index (κ1) is 12.8. The third-order valence-electron chi connectivity index (χ3n) is 3.54. The second-order valence-electron chi connectivity index (χ2n) is 4.71. The number of methoxy groups -OCH3 is 1. The SMILES string of the molecule is COc1cccc2c1nc(Cl)c1sc3ccc(F)cc3c12. The summed E-state index contributed by atoms with van der Waals surface area (Å²) < 4.78 is 20.8. The van der Waals surface area contributed by atoms with Crippen molar-refractivity contribution in [1.29, 1.82) is 0 Å². The molecule has 0 aliphatic heterocycles. The summed E-state index contributed by atoms with van der Waals surface area (Å²) in [6.45, 7) is 0. The van der Waals surface area contributed by atoms with E-state index in [0.717, 1.165) is 25.6 Å². The maximum atomic E-state index is 13.6. The molecule has 21 heavy (non-hydrogen) atoms. The third-order valence-corrected chi connectivity index (χ3v) is 5.10. The Morgan fingerprint density at radius 3 is 2.86 bits per heavy atom. The Morgan fingerprint density at radius 2 is 2.05 bits per heavy atom. The second-order valence-corrected chi connectivity index (χ2v) is 6.12. The Kier molecular flexibility index (Phi) is 2.77. The largest absolute Gasteiger partial charge is 0.494 e. The maximum absolute atomic E-state index is 13.6. The molecule has 0 aliphatic rings. The molecule has 0 saturated heterocycles. The Balaban J connectivity index is 2.32. The molecular formula is C16H9ClFNOS. The molecule has 0 bridgehead atoms. The quantitative estimate of drug-likeness (QED) is 0.438. The molecular weight excluding hydrogens is 309 g/mol. The number of aromatic nitrogens is 1. The summed E-state index contributed by atoms with van der Waals surface area (Å²) in [7, 11) is 1.60. The smallest absolute Gasteiger partial charge is 0.147 e. The molecule has 0 unspecified atom stereocenters. The highest BCUT2D eigenvalue weighted by molar-refractivity contribution is 7.26. The molecule has 0 fully saturated rings. The van der Waals surface area contributed by atoms with Gasteiger partial charge in [0.2, 0.25) is 0 Å². The van der Waals surface area contributed by atoms with Crippen LogP contribution >= 0.6 is 22.9 Å². The van der Waals surface area contributed by atoms with Gasteiger partial charge in [-0.25, -0.2) is 9.37 Å². The normalized spacial score (nSPS) is 11.6. The van der Waals surface area contributed by atoms with Crippen LogP contribution in [-0.4, -0.2) is 12.1 Å². The highest BCUT2D eigenvalue weighted by Crippen LogP contribution is 2.42. The highest BCUT2D eigenvalue weighted by atomic mass is 35.5. The Morgan fingerprint density at radius 1 is 1.19 bits per heavy atom. The van der Waals surface area contributed by atoms with Crippen LogP contribution in [0.25, 0.3) is 31.1 Å². The van der Waals surface area contributed by atoms with Crippen molar-refractivity contribution in [2.45, 2.75) is 0 Å². The number of fused-ring (bicyclic) bond motifs is 5. The van der Waals surface area contributed by atoms with E-state index in [9.17, 15) is 4.39 Å². The minimum atomic E-state index is -0.258. The molecule has 0 N–H and O–H groups in total. The van der Waals surface area contributed by atoms with Gasteiger partial charge in [-0.05, 0) is 24.3 Å². The Bertz CT molecular complexity index is 1010. The molecule has 4 aromatic rings. The van der Waals surface area contributed by atoms with E-state index < -0.39 is 0 Å². The molecule has 2 heterocycles. The fourth-order valence-electron chi connectivity index (χ4n) is 2.64. The summed E-state index contributed by atoms with van der Waals surface area (Å²) in [5, 5.41) is 3.13. The Hall–Kier alpha value is -1.91. The summed E-state index contributed by atoms with van der Waals surface area (Å²) in [5.41, 5.74) is 0.696. The van der Waals surface area contributed by atoms with Crippen molar-refractivity contribution >= 4 is 54.0 Å². The van der Waals surface area contributed by atoms with Gasteiger partial charge in [-0.2, -0.15) is 0 Å². The summed E-state index contributed by atoms with van der Waals surface area (Å²) in [5.74, 6) is 0.401. The number of pyridine rings is 1. The van der Waals surface area contributed by atoms with Crippen molar-refractivity contribution in [2.24, 2.45) is 0 Å². The fourth-order valence-corrected chi connectivity index (χ4v) is 4.01. The van der Waals surface area contributed by atoms with E-state index in [1.165, 1.54) is 17.4 Å². The fraction of sp³-hybridized carbons (Fsp3) is 0.0625. The van der Waals surface area contributed by atoms with Crippen LogP contribution in [-0.2, 0) is 0 Å². The van der Waals surface area contributed by atoms with Gasteiger partial charge < -0.3 is 4.74 Å². The highest BCUT2D eigenvalue weighted by Gasteiger charge is 2.16. The third kappa shape index (κ3) is 1.79. The molecule has 0 spiro atoms. The van der Waals surface area contributed by atoms with Crippen LogP contribution < -0.4 is 4.74 Å². The zero-order valence-electron chi connectivity index (χ0n) is 11.0. The van der Waals surface area contributed by atoms with Gasteiger partial charge in [-0.3, -0.25) is 0 Å². The first-order valence-corrected chi connectivity index (χ1v) is 7.52. The van der Waals surface area contributed by atoms with Gasteiger partial charge in [0.15, 0.2) is 0 Å². The number of ether oxygens (including phenoxy) is 1. The number of nitrogens with zero attached hydrogens (tertiary/aromatic N) is 1. The predicted octanol–water partition coefficient (Wildman–Crippen LogP) is 5.40. The topological polar surface area (TPSA) is 22.1 Å². The summed E-state index contributed by atoms with van der Waals surface area (Å²) in [6, 6.07) is 10.5. The van der Waals surface area contributed by atoms with Crippen LogP contribution in [0, 0.1) is 5.82 Å². The molecule has 0 saturated carbocycles. The molecule has 2 aromatic carbocycles. The van der Waals surface area contributed by atoms with Gasteiger partial charge >= 0.3 is 0 Å². The molecule has 0 radical (unpaired) electrons. The van der Waals surface area contributed by atoms with Crippen molar-refractivity contribution in [2.75, 3.05) is 7.11 Å². The van der Waals surface area contributed by atoms with Crippen molar-refractivity contribution in [1.82, 2.24) is 4.98 Å². The lowest BCUT2D eigenvalue weighted by molar-refractivity contribution is 0.419. The second kappa shape index (κ2) is 4.55. The van der Waals surface area contributed by atoms with Crippen molar-refractivity contribution in [3.63, 3.8) is 0 Å². The molecule has 104 valence electrons. The number of rotatable bonds is 1. The minimum Gasteiger partial charge on any atom is -0.494 e. The van der Waals surface area contributed by atoms with E-state index in [0.29, 0.717) is 16.4 Å². The average Bonchev–Trinajstić information content (AvgIpc) is 2.86. The number of thiophene rings is 1. The number of halogens is 2. The molecule has 4 rings (SSSR count). The molecule has 0 atom stereocenters. The van der Waals surface area contributed by atoms with E-state index in [1.807, 2.05) is 18.2 Å². The monoisotopic (exact) mass is 317 g/mol. The number of benzene rings is 2. The lowest BCUT2D eigenvalue weighted by atomic mass is 10.1. The zero-order chi connectivity index (χ0) is 14.6. The summed E-state index contributed by atoms with van der Waals surface area (Å²) in [4.78, 5) is 4.45. The standard InChI is InChI=1S/C16H9ClFNOS/c1-20-11-4-2-3-9-13-10-7-8(18)5-6-12(10)21-15(13)16(17)19-14(9)11/h2-7H,1H3. The van der Waals surface area contributed by atoms with Crippen LogP contribution in [0.15, 0.2) is 36.4 Å². The first-order chi connectivity index (χ1) is 10.2. The van der Waals surface area contributed by atoms with Crippen LogP contribution in [0.3, 0.4) is 0 Å². The van der Waals surface area contributed by atoms with Crippen LogP contribution in [0.4, 0.5) is 4.39 Å². The lowest BCUT2D eigenvalue weighted by Gasteiger charge is -2.06.